The third-order valence-corrected chi connectivity index (χ3v) is 9.10. The third kappa shape index (κ3) is 3.13. The predicted molar refractivity (Wildman–Crippen MR) is 102 cm³/mol. The van der Waals surface area contributed by atoms with Gasteiger partial charge in [-0.25, -0.2) is 0 Å². The second kappa shape index (κ2) is 7.13. The van der Waals surface area contributed by atoms with Gasteiger partial charge in [-0.2, -0.15) is 17.6 Å². The van der Waals surface area contributed by atoms with Crippen LogP contribution in [0.1, 0.15) is 90.9 Å². The molecule has 0 aromatic rings. The van der Waals surface area contributed by atoms with Crippen LogP contribution < -0.4 is 0 Å². The molecule has 0 atom stereocenters. The summed E-state index contributed by atoms with van der Waals surface area (Å²) in [6.45, 7) is 3.87. The van der Waals surface area contributed by atoms with Crippen molar-refractivity contribution >= 4 is 0 Å². The monoisotopic (exact) mass is 404 g/mol. The van der Waals surface area contributed by atoms with E-state index in [-0.39, 0.29) is 38.2 Å². The molecule has 0 aromatic carbocycles. The largest absolute Gasteiger partial charge is 0.368 e. The predicted octanol–water partition coefficient (Wildman–Crippen LogP) is 7.24. The summed E-state index contributed by atoms with van der Waals surface area (Å²) >= 11 is 0. The lowest BCUT2D eigenvalue weighted by Gasteiger charge is -2.59. The summed E-state index contributed by atoms with van der Waals surface area (Å²) < 4.78 is 64.4. The van der Waals surface area contributed by atoms with Gasteiger partial charge >= 0.3 is 11.8 Å². The zero-order valence-corrected chi connectivity index (χ0v) is 17.4. The molecule has 5 aliphatic rings. The van der Waals surface area contributed by atoms with Crippen molar-refractivity contribution in [2.45, 2.75) is 108 Å². The standard InChI is InChI=1S/C23H36F4O/c1-16-3-7-18(8-4-16)19-9-5-17(6-10-19)15-28-21-13-11-20(2,12-14-21)22(24,25)23(21,26)27/h16-19H,3-15H2,1-2H3. The van der Waals surface area contributed by atoms with E-state index in [9.17, 15) is 17.6 Å². The van der Waals surface area contributed by atoms with Crippen molar-refractivity contribution in [1.29, 1.82) is 0 Å². The minimum atomic E-state index is -4.07. The summed E-state index contributed by atoms with van der Waals surface area (Å²) in [4.78, 5) is 0. The van der Waals surface area contributed by atoms with E-state index in [0.717, 1.165) is 43.4 Å². The maximum absolute atomic E-state index is 14.8. The number of hydrogen-bond donors (Lipinski definition) is 0. The van der Waals surface area contributed by atoms with E-state index in [4.69, 9.17) is 4.74 Å². The van der Waals surface area contributed by atoms with Crippen LogP contribution in [0, 0.1) is 29.1 Å². The molecule has 0 aromatic heterocycles. The summed E-state index contributed by atoms with van der Waals surface area (Å²) in [5.41, 5.74) is -3.54. The maximum Gasteiger partial charge on any atom is 0.338 e. The maximum atomic E-state index is 14.8. The Labute approximate surface area is 167 Å². The lowest BCUT2D eigenvalue weighted by Crippen LogP contribution is -2.72. The number of fused-ring (bicyclic) bond motifs is 3. The van der Waals surface area contributed by atoms with Gasteiger partial charge in [0.1, 0.15) is 5.60 Å². The van der Waals surface area contributed by atoms with Crippen molar-refractivity contribution in [2.75, 3.05) is 6.61 Å². The minimum Gasteiger partial charge on any atom is -0.368 e. The Balaban J connectivity index is 1.32. The highest BCUT2D eigenvalue weighted by atomic mass is 19.3. The minimum absolute atomic E-state index is 0.0572. The molecule has 0 spiro atoms. The molecule has 5 heteroatoms. The van der Waals surface area contributed by atoms with Crippen molar-refractivity contribution in [2.24, 2.45) is 29.1 Å². The van der Waals surface area contributed by atoms with Gasteiger partial charge in [-0.15, -0.1) is 0 Å². The highest BCUT2D eigenvalue weighted by Gasteiger charge is 2.81. The van der Waals surface area contributed by atoms with E-state index in [1.807, 2.05) is 0 Å². The summed E-state index contributed by atoms with van der Waals surface area (Å²) in [6, 6.07) is 0. The van der Waals surface area contributed by atoms with Gasteiger partial charge in [0.25, 0.3) is 0 Å². The molecule has 5 aliphatic carbocycles. The fraction of sp³-hybridized carbons (Fsp3) is 1.00. The molecule has 0 heterocycles. The average Bonchev–Trinajstić information content (AvgIpc) is 2.67. The molecule has 28 heavy (non-hydrogen) atoms. The van der Waals surface area contributed by atoms with Crippen molar-refractivity contribution < 1.29 is 22.3 Å². The molecule has 0 amide bonds. The second-order valence-corrected chi connectivity index (χ2v) is 10.8. The first-order valence-corrected chi connectivity index (χ1v) is 11.5. The second-order valence-electron chi connectivity index (χ2n) is 10.8. The van der Waals surface area contributed by atoms with Crippen LogP contribution >= 0.6 is 0 Å². The Morgan fingerprint density at radius 3 is 1.75 bits per heavy atom. The van der Waals surface area contributed by atoms with Crippen LogP contribution in [0.5, 0.6) is 0 Å². The first kappa shape index (κ1) is 20.9. The molecule has 0 saturated heterocycles. The lowest BCUT2D eigenvalue weighted by molar-refractivity contribution is -0.388. The summed E-state index contributed by atoms with van der Waals surface area (Å²) in [7, 11) is 0. The number of hydrogen-bond acceptors (Lipinski definition) is 1. The van der Waals surface area contributed by atoms with Gasteiger partial charge in [0.2, 0.25) is 0 Å². The molecular formula is C23H36F4O. The number of alkyl halides is 4. The van der Waals surface area contributed by atoms with Crippen molar-refractivity contribution in [3.8, 4) is 0 Å². The zero-order chi connectivity index (χ0) is 20.2. The normalized spacial score (nSPS) is 47.8. The van der Waals surface area contributed by atoms with E-state index < -0.39 is 22.9 Å². The van der Waals surface area contributed by atoms with E-state index in [1.54, 1.807) is 0 Å². The van der Waals surface area contributed by atoms with Crippen LogP contribution in [-0.2, 0) is 4.74 Å². The lowest BCUT2D eigenvalue weighted by atomic mass is 9.55. The highest BCUT2D eigenvalue weighted by Crippen LogP contribution is 2.67. The SMILES string of the molecule is CC1CCC(C2CCC(COC34CCC(C)(CC3)C(F)(F)C4(F)F)CC2)CC1. The van der Waals surface area contributed by atoms with Gasteiger partial charge in [0.15, 0.2) is 0 Å². The van der Waals surface area contributed by atoms with E-state index >= 15 is 0 Å². The van der Waals surface area contributed by atoms with E-state index in [1.165, 1.54) is 32.6 Å². The molecule has 0 N–H and O–H groups in total. The molecule has 5 fully saturated rings. The number of halogens is 4. The summed E-state index contributed by atoms with van der Waals surface area (Å²) in [5, 5.41) is 0. The topological polar surface area (TPSA) is 9.23 Å². The van der Waals surface area contributed by atoms with Crippen LogP contribution in [0.2, 0.25) is 0 Å². The van der Waals surface area contributed by atoms with E-state index in [2.05, 4.69) is 6.92 Å². The first-order chi connectivity index (χ1) is 13.1. The zero-order valence-electron chi connectivity index (χ0n) is 17.4. The van der Waals surface area contributed by atoms with Crippen LogP contribution in [0.25, 0.3) is 0 Å². The molecule has 1 nitrogen and oxygen atoms in total. The Bertz CT molecular complexity index is 551. The van der Waals surface area contributed by atoms with Gasteiger partial charge < -0.3 is 4.74 Å². The van der Waals surface area contributed by atoms with E-state index in [0.29, 0.717) is 0 Å². The summed E-state index contributed by atoms with van der Waals surface area (Å²) in [6.07, 6.45) is 9.96. The molecule has 0 aliphatic heterocycles. The van der Waals surface area contributed by atoms with Gasteiger partial charge in [-0.05, 0) is 87.9 Å². The average molecular weight is 405 g/mol. The third-order valence-electron chi connectivity index (χ3n) is 9.10. The van der Waals surface area contributed by atoms with Gasteiger partial charge in [-0.1, -0.05) is 26.7 Å². The first-order valence-electron chi connectivity index (χ1n) is 11.5. The Morgan fingerprint density at radius 2 is 1.21 bits per heavy atom. The van der Waals surface area contributed by atoms with Gasteiger partial charge in [0.05, 0.1) is 6.61 Å². The number of ether oxygens (including phenoxy) is 1. The fourth-order valence-electron chi connectivity index (χ4n) is 6.59. The molecule has 2 bridgehead atoms. The Kier molecular flexibility index (Phi) is 5.33. The highest BCUT2D eigenvalue weighted by molar-refractivity contribution is 5.18. The molecular weight excluding hydrogens is 368 g/mol. The molecule has 162 valence electrons. The number of rotatable bonds is 4. The van der Waals surface area contributed by atoms with Crippen molar-refractivity contribution in [3.63, 3.8) is 0 Å². The van der Waals surface area contributed by atoms with Crippen LogP contribution in [0.15, 0.2) is 0 Å². The smallest absolute Gasteiger partial charge is 0.338 e. The van der Waals surface area contributed by atoms with Crippen LogP contribution in [-0.4, -0.2) is 24.1 Å². The van der Waals surface area contributed by atoms with Crippen LogP contribution in [0.3, 0.4) is 0 Å². The van der Waals surface area contributed by atoms with Gasteiger partial charge in [-0.3, -0.25) is 0 Å². The molecule has 5 rings (SSSR count). The molecule has 0 unspecified atom stereocenters. The van der Waals surface area contributed by atoms with Crippen molar-refractivity contribution in [1.82, 2.24) is 0 Å². The van der Waals surface area contributed by atoms with Crippen molar-refractivity contribution in [3.05, 3.63) is 0 Å². The van der Waals surface area contributed by atoms with Crippen LogP contribution in [0.4, 0.5) is 17.6 Å². The fourth-order valence-corrected chi connectivity index (χ4v) is 6.59. The quantitative estimate of drug-likeness (QED) is 0.449. The van der Waals surface area contributed by atoms with Gasteiger partial charge in [0, 0.05) is 5.41 Å². The molecule has 0 radical (unpaired) electrons. The Morgan fingerprint density at radius 1 is 0.714 bits per heavy atom. The Hall–Kier alpha value is -0.320. The molecule has 5 saturated carbocycles. The summed E-state index contributed by atoms with van der Waals surface area (Å²) in [5.74, 6) is -5.36.